The molecular weight excluding hydrogens is 338 g/mol. The van der Waals surface area contributed by atoms with Crippen molar-refractivity contribution in [1.29, 1.82) is 0 Å². The largest absolute Gasteiger partial charge is 0.369 e. The second kappa shape index (κ2) is 6.26. The number of carbonyl (C=O) groups is 1. The van der Waals surface area contributed by atoms with Gasteiger partial charge in [-0.15, -0.1) is 0 Å². The highest BCUT2D eigenvalue weighted by atomic mass is 35.5. The van der Waals surface area contributed by atoms with Crippen molar-refractivity contribution in [3.05, 3.63) is 69.5 Å². The summed E-state index contributed by atoms with van der Waals surface area (Å²) in [5, 5.41) is 8.20. The Morgan fingerprint density at radius 2 is 1.84 bits per heavy atom. The smallest absolute Gasteiger partial charge is 0.260 e. The molecule has 2 heterocycles. The minimum Gasteiger partial charge on any atom is -0.369 e. The second-order valence-corrected chi connectivity index (χ2v) is 6.42. The minimum atomic E-state index is -0.136. The van der Waals surface area contributed by atoms with E-state index in [9.17, 15) is 9.59 Å². The Bertz CT molecular complexity index is 1030. The van der Waals surface area contributed by atoms with Gasteiger partial charge in [-0.05, 0) is 35.7 Å². The zero-order valence-electron chi connectivity index (χ0n) is 13.4. The van der Waals surface area contributed by atoms with E-state index in [0.717, 1.165) is 16.8 Å². The molecule has 1 aliphatic rings. The highest BCUT2D eigenvalue weighted by Crippen LogP contribution is 2.27. The van der Waals surface area contributed by atoms with Crippen molar-refractivity contribution in [3.8, 4) is 0 Å². The molecule has 4 rings (SSSR count). The van der Waals surface area contributed by atoms with Crippen LogP contribution in [0.2, 0.25) is 5.02 Å². The van der Waals surface area contributed by atoms with Gasteiger partial charge in [-0.25, -0.2) is 0 Å². The van der Waals surface area contributed by atoms with Crippen LogP contribution in [0.1, 0.15) is 5.56 Å². The van der Waals surface area contributed by atoms with Gasteiger partial charge < -0.3 is 10.6 Å². The predicted molar refractivity (Wildman–Crippen MR) is 100 cm³/mol. The van der Waals surface area contributed by atoms with Gasteiger partial charge in [0, 0.05) is 34.7 Å². The lowest BCUT2D eigenvalue weighted by molar-refractivity contribution is -0.115. The number of nitrogens with zero attached hydrogens (tertiary/aromatic N) is 1. The van der Waals surface area contributed by atoms with E-state index < -0.39 is 0 Å². The lowest BCUT2D eigenvalue weighted by atomic mass is 10.0. The summed E-state index contributed by atoms with van der Waals surface area (Å²) in [5.41, 5.74) is 1.52. The summed E-state index contributed by atoms with van der Waals surface area (Å²) in [4.78, 5) is 25.1. The number of halogens is 1. The molecule has 3 aromatic rings. The normalized spacial score (nSPS) is 12.7. The molecule has 1 amide bonds. The molecule has 126 valence electrons. The molecule has 2 N–H and O–H groups in total. The Morgan fingerprint density at radius 1 is 1.12 bits per heavy atom. The fourth-order valence-electron chi connectivity index (χ4n) is 3.25. The Hall–Kier alpha value is -2.79. The summed E-state index contributed by atoms with van der Waals surface area (Å²) < 4.78 is 1.72. The molecule has 6 heteroatoms. The van der Waals surface area contributed by atoms with Crippen LogP contribution >= 0.6 is 11.6 Å². The Labute approximate surface area is 149 Å². The summed E-state index contributed by atoms with van der Waals surface area (Å²) in [6.45, 7) is 1.31. The van der Waals surface area contributed by atoms with Crippen molar-refractivity contribution in [2.45, 2.75) is 13.0 Å². The van der Waals surface area contributed by atoms with Gasteiger partial charge in [0.15, 0.2) is 0 Å². The van der Waals surface area contributed by atoms with Gasteiger partial charge in [0.05, 0.1) is 6.42 Å². The third kappa shape index (κ3) is 2.87. The molecule has 0 radical (unpaired) electrons. The van der Waals surface area contributed by atoms with Crippen molar-refractivity contribution in [1.82, 2.24) is 4.57 Å². The molecule has 0 unspecified atom stereocenters. The van der Waals surface area contributed by atoms with E-state index in [4.69, 9.17) is 11.6 Å². The Balaban J connectivity index is 1.72. The first kappa shape index (κ1) is 15.7. The molecule has 0 saturated heterocycles. The highest BCUT2D eigenvalue weighted by Gasteiger charge is 2.21. The maximum absolute atomic E-state index is 12.6. The molecule has 0 fully saturated rings. The first-order valence-electron chi connectivity index (χ1n) is 8.07. The number of hydrogen-bond acceptors (Lipinski definition) is 3. The molecular formula is C19H16ClN3O2. The quantitative estimate of drug-likeness (QED) is 0.759. The van der Waals surface area contributed by atoms with Crippen LogP contribution in [0.15, 0.2) is 53.3 Å². The van der Waals surface area contributed by atoms with Crippen LogP contribution in [0.4, 0.5) is 11.5 Å². The predicted octanol–water partition coefficient (Wildman–Crippen LogP) is 3.26. The van der Waals surface area contributed by atoms with Crippen molar-refractivity contribution in [2.24, 2.45) is 0 Å². The second-order valence-electron chi connectivity index (χ2n) is 5.99. The maximum atomic E-state index is 12.6. The number of benzene rings is 2. The number of amides is 1. The van der Waals surface area contributed by atoms with Crippen LogP contribution in [-0.2, 0) is 17.8 Å². The van der Waals surface area contributed by atoms with Crippen LogP contribution in [0.5, 0.6) is 0 Å². The van der Waals surface area contributed by atoms with Crippen molar-refractivity contribution in [2.75, 3.05) is 17.2 Å². The SMILES string of the molecule is O=C(Cc1c2n(c(=O)c3ccccc13)CCN2)Nc1ccc(Cl)cc1. The Morgan fingerprint density at radius 3 is 2.60 bits per heavy atom. The number of rotatable bonds is 3. The van der Waals surface area contributed by atoms with Gasteiger partial charge in [-0.2, -0.15) is 0 Å². The lowest BCUT2D eigenvalue weighted by Gasteiger charge is -2.14. The minimum absolute atomic E-state index is 0.0162. The number of hydrogen-bond donors (Lipinski definition) is 2. The zero-order chi connectivity index (χ0) is 17.4. The number of aromatic nitrogens is 1. The van der Waals surface area contributed by atoms with E-state index in [0.29, 0.717) is 29.2 Å². The molecule has 25 heavy (non-hydrogen) atoms. The number of nitrogens with one attached hydrogen (secondary N) is 2. The standard InChI is InChI=1S/C19H16ClN3O2/c20-12-5-7-13(8-6-12)22-17(24)11-16-14-3-1-2-4-15(14)19(25)23-10-9-21-18(16)23/h1-8,21H,9-11H2,(H,22,24). The summed E-state index contributed by atoms with van der Waals surface area (Å²) in [5.74, 6) is 0.609. The maximum Gasteiger partial charge on any atom is 0.260 e. The topological polar surface area (TPSA) is 63.1 Å². The summed E-state index contributed by atoms with van der Waals surface area (Å²) in [6.07, 6.45) is 0.186. The van der Waals surface area contributed by atoms with Gasteiger partial charge in [0.25, 0.3) is 5.56 Å². The Kier molecular flexibility index (Phi) is 3.93. The van der Waals surface area contributed by atoms with Gasteiger partial charge in [0.2, 0.25) is 5.91 Å². The van der Waals surface area contributed by atoms with E-state index in [1.807, 2.05) is 24.3 Å². The number of carbonyl (C=O) groups excluding carboxylic acids is 1. The van der Waals surface area contributed by atoms with Crippen molar-refractivity contribution < 1.29 is 4.79 Å². The third-order valence-corrected chi connectivity index (χ3v) is 4.63. The lowest BCUT2D eigenvalue weighted by Crippen LogP contribution is -2.22. The van der Waals surface area contributed by atoms with E-state index in [-0.39, 0.29) is 17.9 Å². The van der Waals surface area contributed by atoms with Gasteiger partial charge >= 0.3 is 0 Å². The van der Waals surface area contributed by atoms with Crippen LogP contribution in [-0.4, -0.2) is 17.0 Å². The van der Waals surface area contributed by atoms with Crippen molar-refractivity contribution in [3.63, 3.8) is 0 Å². The molecule has 0 atom stereocenters. The molecule has 5 nitrogen and oxygen atoms in total. The zero-order valence-corrected chi connectivity index (χ0v) is 14.1. The van der Waals surface area contributed by atoms with E-state index in [1.54, 1.807) is 28.8 Å². The molecule has 1 aromatic heterocycles. The molecule has 0 saturated carbocycles. The van der Waals surface area contributed by atoms with Crippen LogP contribution < -0.4 is 16.2 Å². The number of pyridine rings is 1. The molecule has 0 aliphatic carbocycles. The summed E-state index contributed by atoms with van der Waals surface area (Å²) in [7, 11) is 0. The van der Waals surface area contributed by atoms with E-state index in [2.05, 4.69) is 10.6 Å². The molecule has 1 aliphatic heterocycles. The molecule has 0 spiro atoms. The first-order chi connectivity index (χ1) is 12.1. The first-order valence-corrected chi connectivity index (χ1v) is 8.45. The third-order valence-electron chi connectivity index (χ3n) is 4.38. The van der Waals surface area contributed by atoms with Gasteiger partial charge in [0.1, 0.15) is 5.82 Å². The number of anilines is 2. The summed E-state index contributed by atoms with van der Waals surface area (Å²) >= 11 is 5.87. The highest BCUT2D eigenvalue weighted by molar-refractivity contribution is 6.30. The molecule has 2 aromatic carbocycles. The molecule has 0 bridgehead atoms. The van der Waals surface area contributed by atoms with Crippen LogP contribution in [0.25, 0.3) is 10.8 Å². The number of fused-ring (bicyclic) bond motifs is 2. The van der Waals surface area contributed by atoms with Crippen molar-refractivity contribution >= 4 is 39.8 Å². The van der Waals surface area contributed by atoms with E-state index >= 15 is 0 Å². The average molecular weight is 354 g/mol. The fourth-order valence-corrected chi connectivity index (χ4v) is 3.38. The van der Waals surface area contributed by atoms with Gasteiger partial charge in [-0.1, -0.05) is 29.8 Å². The monoisotopic (exact) mass is 353 g/mol. The fraction of sp³-hybridized carbons (Fsp3) is 0.158. The van der Waals surface area contributed by atoms with Crippen LogP contribution in [0, 0.1) is 0 Å². The van der Waals surface area contributed by atoms with E-state index in [1.165, 1.54) is 0 Å². The average Bonchev–Trinajstić information content (AvgIpc) is 3.11. The van der Waals surface area contributed by atoms with Crippen LogP contribution in [0.3, 0.4) is 0 Å². The van der Waals surface area contributed by atoms with Gasteiger partial charge in [-0.3, -0.25) is 14.2 Å². The summed E-state index contributed by atoms with van der Waals surface area (Å²) in [6, 6.07) is 14.4.